The van der Waals surface area contributed by atoms with Crippen LogP contribution in [-0.4, -0.2) is 29.4 Å². The maximum absolute atomic E-state index is 11.2. The van der Waals surface area contributed by atoms with Gasteiger partial charge in [0.25, 0.3) is 0 Å². The molecular weight excluding hydrogens is 296 g/mol. The summed E-state index contributed by atoms with van der Waals surface area (Å²) in [5.74, 6) is 6.36. The number of carbonyl (C=O) groups excluding carboxylic acids is 1. The summed E-state index contributed by atoms with van der Waals surface area (Å²) in [5.41, 5.74) is 0. The molecule has 18 heavy (non-hydrogen) atoms. The molecule has 96 valence electrons. The lowest BCUT2D eigenvalue weighted by atomic mass is 10.3. The molecule has 1 rings (SSSR count). The summed E-state index contributed by atoms with van der Waals surface area (Å²) >= 11 is 3.27. The van der Waals surface area contributed by atoms with Crippen LogP contribution in [0.25, 0.3) is 0 Å². The van der Waals surface area contributed by atoms with Gasteiger partial charge in [-0.2, -0.15) is 0 Å². The average molecular weight is 311 g/mol. The molecule has 0 saturated heterocycles. The van der Waals surface area contributed by atoms with E-state index in [1.807, 2.05) is 6.07 Å². The number of pyridine rings is 1. The summed E-state index contributed by atoms with van der Waals surface area (Å²) in [6.45, 7) is 0.653. The summed E-state index contributed by atoms with van der Waals surface area (Å²) in [6.07, 6.45) is 4.67. The fourth-order valence-corrected chi connectivity index (χ4v) is 1.40. The van der Waals surface area contributed by atoms with Crippen molar-refractivity contribution >= 4 is 21.8 Å². The minimum atomic E-state index is 0.0249. The minimum Gasteiger partial charge on any atom is -0.479 e. The van der Waals surface area contributed by atoms with Crippen LogP contribution >= 0.6 is 15.9 Å². The second-order valence-corrected chi connectivity index (χ2v) is 4.19. The largest absolute Gasteiger partial charge is 0.479 e. The average Bonchev–Trinajstić information content (AvgIpc) is 2.41. The molecule has 1 N–H and O–H groups in total. The number of hydrogen-bond acceptors (Lipinski definition) is 3. The Bertz CT molecular complexity index is 412. The number of alkyl halides is 1. The second-order valence-electron chi connectivity index (χ2n) is 3.40. The molecule has 0 fully saturated rings. The highest BCUT2D eigenvalue weighted by Gasteiger charge is 1.96. The predicted octanol–water partition coefficient (Wildman–Crippen LogP) is 1.76. The molecule has 1 heterocycles. The Hall–Kier alpha value is -1.54. The maximum atomic E-state index is 11.2. The zero-order chi connectivity index (χ0) is 13.1. The van der Waals surface area contributed by atoms with Crippen molar-refractivity contribution in [3.63, 3.8) is 0 Å². The Morgan fingerprint density at radius 3 is 3.11 bits per heavy atom. The molecule has 0 aliphatic carbocycles. The van der Waals surface area contributed by atoms with Crippen molar-refractivity contribution < 1.29 is 9.53 Å². The maximum Gasteiger partial charge on any atom is 0.220 e. The quantitative estimate of drug-likeness (QED) is 0.643. The van der Waals surface area contributed by atoms with E-state index < -0.39 is 0 Å². The normalized spacial score (nSPS) is 9.17. The van der Waals surface area contributed by atoms with Crippen LogP contribution < -0.4 is 10.1 Å². The topological polar surface area (TPSA) is 51.2 Å². The number of halogens is 1. The Morgan fingerprint density at radius 2 is 2.39 bits per heavy atom. The third kappa shape index (κ3) is 6.92. The van der Waals surface area contributed by atoms with Crippen molar-refractivity contribution in [2.75, 3.05) is 18.5 Å². The van der Waals surface area contributed by atoms with E-state index in [1.165, 1.54) is 0 Å². The smallest absolute Gasteiger partial charge is 0.220 e. The van der Waals surface area contributed by atoms with Crippen LogP contribution in [0.4, 0.5) is 0 Å². The van der Waals surface area contributed by atoms with E-state index in [1.54, 1.807) is 18.5 Å². The van der Waals surface area contributed by atoms with Crippen LogP contribution in [0.15, 0.2) is 24.5 Å². The molecule has 1 amide bonds. The van der Waals surface area contributed by atoms with Crippen LogP contribution in [0.1, 0.15) is 12.8 Å². The molecule has 0 radical (unpaired) electrons. The molecule has 4 nitrogen and oxygen atoms in total. The SMILES string of the molecule is O=C(CCCBr)NCC#CCOc1cccnc1. The number of hydrogen-bond donors (Lipinski definition) is 1. The summed E-state index contributed by atoms with van der Waals surface area (Å²) in [7, 11) is 0. The second kappa shape index (κ2) is 9.49. The third-order valence-electron chi connectivity index (χ3n) is 1.98. The highest BCUT2D eigenvalue weighted by Crippen LogP contribution is 2.04. The van der Waals surface area contributed by atoms with Gasteiger partial charge in [-0.25, -0.2) is 0 Å². The molecular formula is C13H15BrN2O2. The van der Waals surface area contributed by atoms with E-state index in [2.05, 4.69) is 38.1 Å². The van der Waals surface area contributed by atoms with Gasteiger partial charge in [-0.05, 0) is 18.6 Å². The fraction of sp³-hybridized carbons (Fsp3) is 0.385. The van der Waals surface area contributed by atoms with Gasteiger partial charge in [0, 0.05) is 17.9 Å². The highest BCUT2D eigenvalue weighted by atomic mass is 79.9. The number of nitrogens with one attached hydrogen (secondary N) is 1. The molecule has 0 aliphatic rings. The third-order valence-corrected chi connectivity index (χ3v) is 2.54. The molecule has 0 aliphatic heterocycles. The molecule has 0 unspecified atom stereocenters. The van der Waals surface area contributed by atoms with Gasteiger partial charge >= 0.3 is 0 Å². The number of amides is 1. The standard InChI is InChI=1S/C13H15BrN2O2/c14-7-3-6-13(17)16-9-1-2-10-18-12-5-4-8-15-11-12/h4-5,8,11H,3,6-7,9-10H2,(H,16,17). The van der Waals surface area contributed by atoms with E-state index in [4.69, 9.17) is 4.74 Å². The van der Waals surface area contributed by atoms with Crippen LogP contribution in [0.3, 0.4) is 0 Å². The van der Waals surface area contributed by atoms with Crippen molar-refractivity contribution in [3.8, 4) is 17.6 Å². The lowest BCUT2D eigenvalue weighted by molar-refractivity contribution is -0.120. The van der Waals surface area contributed by atoms with Crippen molar-refractivity contribution in [1.29, 1.82) is 0 Å². The Labute approximate surface area is 115 Å². The van der Waals surface area contributed by atoms with E-state index in [0.29, 0.717) is 25.3 Å². The van der Waals surface area contributed by atoms with Crippen LogP contribution in [-0.2, 0) is 4.79 Å². The van der Waals surface area contributed by atoms with Crippen molar-refractivity contribution in [1.82, 2.24) is 10.3 Å². The lowest BCUT2D eigenvalue weighted by Gasteiger charge is -2.00. The summed E-state index contributed by atoms with van der Waals surface area (Å²) in [5, 5.41) is 3.55. The van der Waals surface area contributed by atoms with Gasteiger partial charge in [-0.1, -0.05) is 27.8 Å². The van der Waals surface area contributed by atoms with Gasteiger partial charge in [0.2, 0.25) is 5.91 Å². The first kappa shape index (κ1) is 14.5. The predicted molar refractivity (Wildman–Crippen MR) is 73.5 cm³/mol. The van der Waals surface area contributed by atoms with E-state index in [-0.39, 0.29) is 5.91 Å². The molecule has 0 saturated carbocycles. The first-order chi connectivity index (χ1) is 8.83. The molecule has 1 aromatic rings. The molecule has 5 heteroatoms. The van der Waals surface area contributed by atoms with E-state index in [0.717, 1.165) is 11.8 Å². The zero-order valence-corrected chi connectivity index (χ0v) is 11.6. The lowest BCUT2D eigenvalue weighted by Crippen LogP contribution is -2.23. The zero-order valence-electron chi connectivity index (χ0n) is 9.99. The van der Waals surface area contributed by atoms with Crippen molar-refractivity contribution in [2.24, 2.45) is 0 Å². The Kier molecular flexibility index (Phi) is 7.65. The van der Waals surface area contributed by atoms with Crippen molar-refractivity contribution in [2.45, 2.75) is 12.8 Å². The highest BCUT2D eigenvalue weighted by molar-refractivity contribution is 9.09. The Balaban J connectivity index is 2.10. The van der Waals surface area contributed by atoms with Crippen LogP contribution in [0.2, 0.25) is 0 Å². The van der Waals surface area contributed by atoms with Gasteiger partial charge in [0.15, 0.2) is 0 Å². The fourth-order valence-electron chi connectivity index (χ4n) is 1.12. The first-order valence-electron chi connectivity index (χ1n) is 5.64. The molecule has 0 aromatic carbocycles. The molecule has 0 bridgehead atoms. The van der Waals surface area contributed by atoms with Crippen molar-refractivity contribution in [3.05, 3.63) is 24.5 Å². The number of rotatable bonds is 6. The van der Waals surface area contributed by atoms with Gasteiger partial charge in [0.05, 0.1) is 12.7 Å². The number of nitrogens with zero attached hydrogens (tertiary/aromatic N) is 1. The van der Waals surface area contributed by atoms with Crippen LogP contribution in [0, 0.1) is 11.8 Å². The summed E-state index contributed by atoms with van der Waals surface area (Å²) in [6, 6.07) is 3.61. The molecule has 0 spiro atoms. The first-order valence-corrected chi connectivity index (χ1v) is 6.76. The van der Waals surface area contributed by atoms with Gasteiger partial charge in [-0.3, -0.25) is 9.78 Å². The Morgan fingerprint density at radius 1 is 1.50 bits per heavy atom. The van der Waals surface area contributed by atoms with Gasteiger partial charge in [0.1, 0.15) is 12.4 Å². The number of carbonyl (C=O) groups is 1. The monoisotopic (exact) mass is 310 g/mol. The summed E-state index contributed by atoms with van der Waals surface area (Å²) < 4.78 is 5.32. The van der Waals surface area contributed by atoms with E-state index >= 15 is 0 Å². The number of ether oxygens (including phenoxy) is 1. The van der Waals surface area contributed by atoms with Crippen LogP contribution in [0.5, 0.6) is 5.75 Å². The van der Waals surface area contributed by atoms with Gasteiger partial charge < -0.3 is 10.1 Å². The molecule has 1 aromatic heterocycles. The number of aromatic nitrogens is 1. The summed E-state index contributed by atoms with van der Waals surface area (Å²) in [4.78, 5) is 15.1. The molecule has 0 atom stereocenters. The van der Waals surface area contributed by atoms with E-state index in [9.17, 15) is 4.79 Å². The minimum absolute atomic E-state index is 0.0249. The van der Waals surface area contributed by atoms with Gasteiger partial charge in [-0.15, -0.1) is 0 Å².